The summed E-state index contributed by atoms with van der Waals surface area (Å²) in [5, 5.41) is 13.7. The van der Waals surface area contributed by atoms with E-state index in [4.69, 9.17) is 9.47 Å². The first-order valence-corrected chi connectivity index (χ1v) is 9.50. The molecular weight excluding hydrogens is 445 g/mol. The highest BCUT2D eigenvalue weighted by atomic mass is 127. The molecule has 3 N–H and O–H groups in total. The summed E-state index contributed by atoms with van der Waals surface area (Å²) >= 11 is 0. The molecule has 8 heteroatoms. The lowest BCUT2D eigenvalue weighted by Crippen LogP contribution is -2.38. The average molecular weight is 479 g/mol. The highest BCUT2D eigenvalue weighted by Gasteiger charge is 2.14. The molecular formula is C18H34IN5O2. The van der Waals surface area contributed by atoms with E-state index in [1.165, 1.54) is 5.56 Å². The van der Waals surface area contributed by atoms with E-state index in [9.17, 15) is 0 Å². The van der Waals surface area contributed by atoms with Crippen LogP contribution in [0, 0.1) is 6.92 Å². The molecule has 1 aromatic rings. The van der Waals surface area contributed by atoms with Crippen LogP contribution >= 0.6 is 24.0 Å². The summed E-state index contributed by atoms with van der Waals surface area (Å²) in [5.41, 5.74) is 2.42. The van der Waals surface area contributed by atoms with Crippen molar-refractivity contribution < 1.29 is 9.47 Å². The van der Waals surface area contributed by atoms with Gasteiger partial charge in [0.25, 0.3) is 0 Å². The van der Waals surface area contributed by atoms with Gasteiger partial charge >= 0.3 is 0 Å². The number of rotatable bonds is 11. The molecule has 0 saturated carbocycles. The van der Waals surface area contributed by atoms with E-state index in [0.717, 1.165) is 83.2 Å². The molecule has 0 spiro atoms. The molecule has 7 nitrogen and oxygen atoms in total. The molecule has 26 heavy (non-hydrogen) atoms. The van der Waals surface area contributed by atoms with E-state index in [1.807, 2.05) is 6.20 Å². The predicted molar refractivity (Wildman–Crippen MR) is 115 cm³/mol. The maximum atomic E-state index is 5.68. The number of aryl methyl sites for hydroxylation is 2. The Bertz CT molecular complexity index is 504. The van der Waals surface area contributed by atoms with Crippen LogP contribution in [0.2, 0.25) is 0 Å². The topological polar surface area (TPSA) is 83.6 Å². The fraction of sp³-hybridized carbons (Fsp3) is 0.778. The maximum Gasteiger partial charge on any atom is 0.191 e. The van der Waals surface area contributed by atoms with Crippen molar-refractivity contribution >= 4 is 29.9 Å². The first kappa shape index (κ1) is 23.2. The lowest BCUT2D eigenvalue weighted by molar-refractivity contribution is 0.0168. The Balaban J connectivity index is 0.00000338. The van der Waals surface area contributed by atoms with Crippen LogP contribution in [-0.4, -0.2) is 61.7 Å². The second kappa shape index (κ2) is 14.2. The summed E-state index contributed by atoms with van der Waals surface area (Å²) in [7, 11) is 0. The molecule has 1 fully saturated rings. The van der Waals surface area contributed by atoms with Gasteiger partial charge in [0.15, 0.2) is 5.96 Å². The van der Waals surface area contributed by atoms with Crippen molar-refractivity contribution in [3.63, 3.8) is 0 Å². The zero-order valence-electron chi connectivity index (χ0n) is 16.1. The molecule has 2 rings (SSSR count). The number of H-pyrrole nitrogens is 1. The molecule has 1 aliphatic rings. The van der Waals surface area contributed by atoms with Crippen molar-refractivity contribution in [2.45, 2.75) is 52.1 Å². The van der Waals surface area contributed by atoms with Gasteiger partial charge in [0.2, 0.25) is 0 Å². The van der Waals surface area contributed by atoms with Gasteiger partial charge in [0.1, 0.15) is 0 Å². The van der Waals surface area contributed by atoms with Crippen LogP contribution in [0.1, 0.15) is 43.9 Å². The first-order valence-electron chi connectivity index (χ1n) is 9.50. The number of nitrogens with one attached hydrogen (secondary N) is 3. The summed E-state index contributed by atoms with van der Waals surface area (Å²) in [6.07, 6.45) is 7.49. The van der Waals surface area contributed by atoms with Crippen LogP contribution in [0.5, 0.6) is 0 Å². The number of ether oxygens (including phenoxy) is 2. The highest BCUT2D eigenvalue weighted by Crippen LogP contribution is 2.11. The second-order valence-corrected chi connectivity index (χ2v) is 6.37. The Kier molecular flexibility index (Phi) is 12.7. The van der Waals surface area contributed by atoms with Crippen molar-refractivity contribution in [2.75, 3.05) is 39.5 Å². The summed E-state index contributed by atoms with van der Waals surface area (Å²) in [4.78, 5) is 4.63. The molecule has 150 valence electrons. The molecule has 1 saturated heterocycles. The molecule has 1 unspecified atom stereocenters. The van der Waals surface area contributed by atoms with E-state index in [-0.39, 0.29) is 24.0 Å². The van der Waals surface area contributed by atoms with Gasteiger partial charge < -0.3 is 20.1 Å². The zero-order chi connectivity index (χ0) is 17.7. The minimum Gasteiger partial charge on any atom is -0.379 e. The number of nitrogens with zero attached hydrogens (tertiary/aromatic N) is 2. The number of hydrogen-bond acceptors (Lipinski definition) is 4. The lowest BCUT2D eigenvalue weighted by atomic mass is 10.1. The number of guanidine groups is 1. The van der Waals surface area contributed by atoms with Gasteiger partial charge in [0, 0.05) is 38.5 Å². The monoisotopic (exact) mass is 479 g/mol. The standard InChI is InChI=1S/C18H33N5O2.HI/c1-3-19-18(20-9-4-7-16-13-22-23-15(16)2)21-10-6-11-24-14-17-8-5-12-25-17;/h13,17H,3-12,14H2,1-2H3,(H,22,23)(H2,19,20,21);1H. The third-order valence-electron chi connectivity index (χ3n) is 4.24. The van der Waals surface area contributed by atoms with Crippen molar-refractivity contribution in [2.24, 2.45) is 4.99 Å². The maximum absolute atomic E-state index is 5.68. The van der Waals surface area contributed by atoms with Gasteiger partial charge in [0.05, 0.1) is 18.9 Å². The lowest BCUT2D eigenvalue weighted by Gasteiger charge is -2.12. The molecule has 0 bridgehead atoms. The van der Waals surface area contributed by atoms with Crippen LogP contribution in [0.15, 0.2) is 11.2 Å². The molecule has 0 amide bonds. The molecule has 1 aliphatic heterocycles. The third-order valence-corrected chi connectivity index (χ3v) is 4.24. The second-order valence-electron chi connectivity index (χ2n) is 6.37. The Labute approximate surface area is 174 Å². The van der Waals surface area contributed by atoms with Crippen molar-refractivity contribution in [3.05, 3.63) is 17.5 Å². The van der Waals surface area contributed by atoms with Crippen LogP contribution < -0.4 is 10.6 Å². The summed E-state index contributed by atoms with van der Waals surface area (Å²) in [6, 6.07) is 0. The van der Waals surface area contributed by atoms with E-state index >= 15 is 0 Å². The molecule has 0 aromatic carbocycles. The zero-order valence-corrected chi connectivity index (χ0v) is 18.4. The van der Waals surface area contributed by atoms with Gasteiger partial charge in [-0.2, -0.15) is 5.10 Å². The van der Waals surface area contributed by atoms with Gasteiger partial charge in [-0.15, -0.1) is 24.0 Å². The predicted octanol–water partition coefficient (Wildman–Crippen LogP) is 2.41. The Morgan fingerprint density at radius 3 is 3.00 bits per heavy atom. The van der Waals surface area contributed by atoms with Crippen molar-refractivity contribution in [3.8, 4) is 0 Å². The van der Waals surface area contributed by atoms with Crippen LogP contribution in [0.25, 0.3) is 0 Å². The van der Waals surface area contributed by atoms with E-state index < -0.39 is 0 Å². The fourth-order valence-electron chi connectivity index (χ4n) is 2.80. The van der Waals surface area contributed by atoms with Crippen LogP contribution in [0.3, 0.4) is 0 Å². The normalized spacial score (nSPS) is 17.2. The average Bonchev–Trinajstić information content (AvgIpc) is 3.26. The molecule has 0 aliphatic carbocycles. The van der Waals surface area contributed by atoms with Crippen LogP contribution in [-0.2, 0) is 15.9 Å². The molecule has 1 atom stereocenters. The number of aromatic amines is 1. The summed E-state index contributed by atoms with van der Waals surface area (Å²) < 4.78 is 11.2. The van der Waals surface area contributed by atoms with Gasteiger partial charge in [-0.05, 0) is 51.5 Å². The Hall–Kier alpha value is -0.870. The van der Waals surface area contributed by atoms with Gasteiger partial charge in [-0.25, -0.2) is 0 Å². The van der Waals surface area contributed by atoms with E-state index in [2.05, 4.69) is 39.7 Å². The smallest absolute Gasteiger partial charge is 0.191 e. The van der Waals surface area contributed by atoms with Gasteiger partial charge in [-0.1, -0.05) is 0 Å². The SMILES string of the molecule is CCNC(=NCCCc1cn[nH]c1C)NCCCOCC1CCCO1.I. The molecule has 2 heterocycles. The summed E-state index contributed by atoms with van der Waals surface area (Å²) in [6.45, 7) is 9.02. The number of aliphatic imine (C=N–C) groups is 1. The fourth-order valence-corrected chi connectivity index (χ4v) is 2.80. The number of hydrogen-bond donors (Lipinski definition) is 3. The summed E-state index contributed by atoms with van der Waals surface area (Å²) in [5.74, 6) is 0.880. The van der Waals surface area contributed by atoms with Crippen molar-refractivity contribution in [1.82, 2.24) is 20.8 Å². The quantitative estimate of drug-likeness (QED) is 0.197. The van der Waals surface area contributed by atoms with E-state index in [1.54, 1.807) is 0 Å². The minimum atomic E-state index is 0. The molecule has 0 radical (unpaired) electrons. The van der Waals surface area contributed by atoms with E-state index in [0.29, 0.717) is 6.10 Å². The van der Waals surface area contributed by atoms with Gasteiger partial charge in [-0.3, -0.25) is 10.1 Å². The largest absolute Gasteiger partial charge is 0.379 e. The Morgan fingerprint density at radius 2 is 2.31 bits per heavy atom. The molecule has 1 aromatic heterocycles. The number of halogens is 1. The highest BCUT2D eigenvalue weighted by molar-refractivity contribution is 14.0. The van der Waals surface area contributed by atoms with Crippen molar-refractivity contribution in [1.29, 1.82) is 0 Å². The Morgan fingerprint density at radius 1 is 1.42 bits per heavy atom. The van der Waals surface area contributed by atoms with Crippen LogP contribution in [0.4, 0.5) is 0 Å². The minimum absolute atomic E-state index is 0. The first-order chi connectivity index (χ1) is 12.3. The number of aromatic nitrogens is 2. The third kappa shape index (κ3) is 9.18.